The van der Waals surface area contributed by atoms with Gasteiger partial charge in [0, 0.05) is 14.5 Å². The Balaban J connectivity index is 1.88. The van der Waals surface area contributed by atoms with Crippen molar-refractivity contribution in [3.63, 3.8) is 0 Å². The molecule has 3 nitrogen and oxygen atoms in total. The van der Waals surface area contributed by atoms with Gasteiger partial charge in [-0.25, -0.2) is 0 Å². The summed E-state index contributed by atoms with van der Waals surface area (Å²) in [5.41, 5.74) is 0.766. The minimum Gasteiger partial charge on any atom is -0.490 e. The van der Waals surface area contributed by atoms with Gasteiger partial charge in [-0.05, 0) is 43.3 Å². The lowest BCUT2D eigenvalue weighted by molar-refractivity contribution is 0.182. The molecule has 1 unspecified atom stereocenters. The van der Waals surface area contributed by atoms with E-state index in [0.29, 0.717) is 19.0 Å². The second kappa shape index (κ2) is 7.82. The summed E-state index contributed by atoms with van der Waals surface area (Å²) in [6, 6.07) is 13.2. The highest BCUT2D eigenvalue weighted by Gasteiger charge is 2.09. The number of aliphatic hydroxyl groups is 1. The first-order valence-corrected chi connectivity index (χ1v) is 8.13. The van der Waals surface area contributed by atoms with E-state index in [9.17, 15) is 5.11 Å². The molecule has 0 radical (unpaired) electrons. The predicted octanol–water partition coefficient (Wildman–Crippen LogP) is 4.72. The minimum absolute atomic E-state index is 0.409. The van der Waals surface area contributed by atoms with E-state index < -0.39 is 6.10 Å². The molecule has 2 rings (SSSR count). The van der Waals surface area contributed by atoms with Gasteiger partial charge in [-0.1, -0.05) is 37.9 Å². The molecule has 0 aliphatic carbocycles. The van der Waals surface area contributed by atoms with Crippen LogP contribution in [0.25, 0.3) is 0 Å². The number of rotatable bonds is 6. The van der Waals surface area contributed by atoms with Gasteiger partial charge in [0.25, 0.3) is 0 Å². The largest absolute Gasteiger partial charge is 0.490 e. The van der Waals surface area contributed by atoms with Gasteiger partial charge in [-0.2, -0.15) is 0 Å². The van der Waals surface area contributed by atoms with E-state index in [2.05, 4.69) is 31.9 Å². The van der Waals surface area contributed by atoms with Crippen LogP contribution in [0.15, 0.2) is 51.4 Å². The second-order valence-corrected chi connectivity index (χ2v) is 6.34. The fourth-order valence-electron chi connectivity index (χ4n) is 1.82. The summed E-state index contributed by atoms with van der Waals surface area (Å²) in [4.78, 5) is 0. The molecule has 112 valence electrons. The highest BCUT2D eigenvalue weighted by molar-refractivity contribution is 9.10. The molecule has 2 aromatic carbocycles. The van der Waals surface area contributed by atoms with Crippen LogP contribution < -0.4 is 9.47 Å². The summed E-state index contributed by atoms with van der Waals surface area (Å²) in [6.07, 6.45) is -0.569. The normalized spacial score (nSPS) is 12.0. The monoisotopic (exact) mass is 414 g/mol. The van der Waals surface area contributed by atoms with Gasteiger partial charge >= 0.3 is 0 Å². The number of hydrogen-bond acceptors (Lipinski definition) is 3. The van der Waals surface area contributed by atoms with Gasteiger partial charge in [0.1, 0.15) is 24.7 Å². The molecule has 21 heavy (non-hydrogen) atoms. The molecule has 0 spiro atoms. The van der Waals surface area contributed by atoms with Crippen molar-refractivity contribution in [3.8, 4) is 11.5 Å². The molecule has 0 aliphatic heterocycles. The van der Waals surface area contributed by atoms with Gasteiger partial charge in [0.2, 0.25) is 0 Å². The van der Waals surface area contributed by atoms with Gasteiger partial charge in [0.05, 0.1) is 6.10 Å². The fraction of sp³-hybridized carbons (Fsp3) is 0.250. The maximum absolute atomic E-state index is 9.72. The van der Waals surface area contributed by atoms with Crippen molar-refractivity contribution in [2.45, 2.75) is 13.0 Å². The third-order valence-electron chi connectivity index (χ3n) is 2.85. The Morgan fingerprint density at radius 3 is 2.24 bits per heavy atom. The Kier molecular flexibility index (Phi) is 6.08. The van der Waals surface area contributed by atoms with Crippen molar-refractivity contribution in [3.05, 3.63) is 57.0 Å². The van der Waals surface area contributed by atoms with Crippen LogP contribution in [0.1, 0.15) is 18.6 Å². The molecule has 0 aliphatic rings. The molecular weight excluding hydrogens is 400 g/mol. The van der Waals surface area contributed by atoms with Gasteiger partial charge < -0.3 is 14.6 Å². The molecule has 0 fully saturated rings. The Morgan fingerprint density at radius 1 is 0.952 bits per heavy atom. The summed E-state index contributed by atoms with van der Waals surface area (Å²) in [5, 5.41) is 9.72. The number of benzene rings is 2. The van der Waals surface area contributed by atoms with Crippen LogP contribution in [-0.2, 0) is 0 Å². The first-order chi connectivity index (χ1) is 10.1. The fourth-order valence-corrected chi connectivity index (χ4v) is 2.42. The van der Waals surface area contributed by atoms with E-state index in [1.54, 1.807) is 6.92 Å². The first-order valence-electron chi connectivity index (χ1n) is 6.55. The highest BCUT2D eigenvalue weighted by atomic mass is 79.9. The number of ether oxygens (including phenoxy) is 2. The van der Waals surface area contributed by atoms with E-state index in [-0.39, 0.29) is 0 Å². The molecule has 1 atom stereocenters. The zero-order chi connectivity index (χ0) is 15.2. The standard InChI is InChI=1S/C16H16Br2O3/c1-11(19)15-7-4-13(18)10-16(15)21-9-8-20-14-5-2-12(17)3-6-14/h2-7,10-11,19H,8-9H2,1H3. The Bertz CT molecular complexity index is 583. The molecule has 0 saturated carbocycles. The van der Waals surface area contributed by atoms with E-state index in [1.807, 2.05) is 42.5 Å². The smallest absolute Gasteiger partial charge is 0.126 e. The Morgan fingerprint density at radius 2 is 1.57 bits per heavy atom. The number of aliphatic hydroxyl groups excluding tert-OH is 1. The van der Waals surface area contributed by atoms with Crippen LogP contribution in [0.3, 0.4) is 0 Å². The van der Waals surface area contributed by atoms with E-state index in [4.69, 9.17) is 9.47 Å². The van der Waals surface area contributed by atoms with Crippen molar-refractivity contribution in [1.82, 2.24) is 0 Å². The predicted molar refractivity (Wildman–Crippen MR) is 89.9 cm³/mol. The van der Waals surface area contributed by atoms with Crippen LogP contribution in [0.2, 0.25) is 0 Å². The van der Waals surface area contributed by atoms with Crippen molar-refractivity contribution >= 4 is 31.9 Å². The lowest BCUT2D eigenvalue weighted by Gasteiger charge is -2.14. The molecule has 5 heteroatoms. The zero-order valence-corrected chi connectivity index (χ0v) is 14.7. The SMILES string of the molecule is CC(O)c1ccc(Br)cc1OCCOc1ccc(Br)cc1. The lowest BCUT2D eigenvalue weighted by Crippen LogP contribution is -2.10. The second-order valence-electron chi connectivity index (χ2n) is 4.51. The molecular formula is C16H16Br2O3. The molecule has 0 bridgehead atoms. The summed E-state index contributed by atoms with van der Waals surface area (Å²) >= 11 is 6.78. The molecule has 0 amide bonds. The number of halogens is 2. The quantitative estimate of drug-likeness (QED) is 0.693. The van der Waals surface area contributed by atoms with Crippen molar-refractivity contribution in [2.75, 3.05) is 13.2 Å². The van der Waals surface area contributed by atoms with E-state index in [1.165, 1.54) is 0 Å². The maximum atomic E-state index is 9.72. The first kappa shape index (κ1) is 16.3. The molecule has 2 aromatic rings. The molecule has 0 heterocycles. The zero-order valence-electron chi connectivity index (χ0n) is 11.6. The van der Waals surface area contributed by atoms with Gasteiger partial charge in [-0.3, -0.25) is 0 Å². The third-order valence-corrected chi connectivity index (χ3v) is 3.87. The average Bonchev–Trinajstić information content (AvgIpc) is 2.45. The van der Waals surface area contributed by atoms with Crippen LogP contribution in [0, 0.1) is 0 Å². The van der Waals surface area contributed by atoms with Gasteiger partial charge in [0.15, 0.2) is 0 Å². The van der Waals surface area contributed by atoms with E-state index >= 15 is 0 Å². The molecule has 0 saturated heterocycles. The van der Waals surface area contributed by atoms with Crippen LogP contribution in [0.4, 0.5) is 0 Å². The summed E-state index contributed by atoms with van der Waals surface area (Å²) in [5.74, 6) is 1.46. The summed E-state index contributed by atoms with van der Waals surface area (Å²) in [7, 11) is 0. The van der Waals surface area contributed by atoms with Crippen molar-refractivity contribution in [2.24, 2.45) is 0 Å². The average molecular weight is 416 g/mol. The van der Waals surface area contributed by atoms with Crippen LogP contribution in [0.5, 0.6) is 11.5 Å². The highest BCUT2D eigenvalue weighted by Crippen LogP contribution is 2.28. The summed E-state index contributed by atoms with van der Waals surface area (Å²) in [6.45, 7) is 2.56. The Hall–Kier alpha value is -1.04. The van der Waals surface area contributed by atoms with E-state index in [0.717, 1.165) is 20.3 Å². The number of hydrogen-bond donors (Lipinski definition) is 1. The molecule has 0 aromatic heterocycles. The maximum Gasteiger partial charge on any atom is 0.126 e. The topological polar surface area (TPSA) is 38.7 Å². The Labute approximate surface area is 141 Å². The van der Waals surface area contributed by atoms with Crippen LogP contribution in [-0.4, -0.2) is 18.3 Å². The third kappa shape index (κ3) is 5.02. The van der Waals surface area contributed by atoms with Gasteiger partial charge in [-0.15, -0.1) is 0 Å². The lowest BCUT2D eigenvalue weighted by atomic mass is 10.1. The van der Waals surface area contributed by atoms with Crippen molar-refractivity contribution < 1.29 is 14.6 Å². The molecule has 1 N–H and O–H groups in total. The van der Waals surface area contributed by atoms with Crippen LogP contribution >= 0.6 is 31.9 Å². The van der Waals surface area contributed by atoms with Crippen molar-refractivity contribution in [1.29, 1.82) is 0 Å². The summed E-state index contributed by atoms with van der Waals surface area (Å²) < 4.78 is 13.2. The minimum atomic E-state index is -0.569.